The minimum atomic E-state index is -0.419. The van der Waals surface area contributed by atoms with Crippen molar-refractivity contribution in [3.05, 3.63) is 72.3 Å². The molecule has 0 fully saturated rings. The van der Waals surface area contributed by atoms with Crippen molar-refractivity contribution >= 4 is 22.7 Å². The summed E-state index contributed by atoms with van der Waals surface area (Å²) in [6.07, 6.45) is 3.15. The number of pyridine rings is 1. The first kappa shape index (κ1) is 15.8. The van der Waals surface area contributed by atoms with Gasteiger partial charge in [-0.1, -0.05) is 0 Å². The number of phenols is 1. The van der Waals surface area contributed by atoms with E-state index in [0.717, 1.165) is 0 Å². The number of hydrogen-bond donors (Lipinski definition) is 2. The number of nitrogens with zero attached hydrogens (tertiary/aromatic N) is 2. The van der Waals surface area contributed by atoms with Gasteiger partial charge >= 0.3 is 0 Å². The predicted molar refractivity (Wildman–Crippen MR) is 93.3 cm³/mol. The maximum absolute atomic E-state index is 12.9. The number of rotatable bonds is 3. The number of hydrogen-bond acceptors (Lipinski definition) is 5. The highest BCUT2D eigenvalue weighted by Gasteiger charge is 2.14. The third-order valence-electron chi connectivity index (χ3n) is 3.78. The maximum Gasteiger partial charge on any atom is 0.255 e. The summed E-state index contributed by atoms with van der Waals surface area (Å²) in [7, 11) is 0. The number of amides is 1. The van der Waals surface area contributed by atoms with Gasteiger partial charge in [0.05, 0.1) is 11.8 Å². The second-order valence-electron chi connectivity index (χ2n) is 5.56. The normalized spacial score (nSPS) is 10.8. The Morgan fingerprint density at radius 2 is 1.92 bits per heavy atom. The molecule has 128 valence electrons. The number of carbonyl (C=O) groups is 1. The van der Waals surface area contributed by atoms with Crippen molar-refractivity contribution in [3.63, 3.8) is 0 Å². The SMILES string of the molecule is O=C(Nc1ccc(-c2nc3cnccc3o2)c(O)c1)c1ccc(F)cc1. The predicted octanol–water partition coefficient (Wildman–Crippen LogP) is 3.99. The largest absolute Gasteiger partial charge is 0.507 e. The van der Waals surface area contributed by atoms with Crippen molar-refractivity contribution in [1.82, 2.24) is 9.97 Å². The molecule has 0 aliphatic heterocycles. The summed E-state index contributed by atoms with van der Waals surface area (Å²) in [6.45, 7) is 0. The minimum Gasteiger partial charge on any atom is -0.507 e. The lowest BCUT2D eigenvalue weighted by Gasteiger charge is -2.07. The van der Waals surface area contributed by atoms with E-state index >= 15 is 0 Å². The zero-order chi connectivity index (χ0) is 18.1. The number of aromatic hydroxyl groups is 1. The van der Waals surface area contributed by atoms with Crippen molar-refractivity contribution in [2.45, 2.75) is 0 Å². The van der Waals surface area contributed by atoms with Crippen LogP contribution < -0.4 is 5.32 Å². The lowest BCUT2D eigenvalue weighted by Crippen LogP contribution is -2.11. The van der Waals surface area contributed by atoms with Crippen LogP contribution in [0.3, 0.4) is 0 Å². The van der Waals surface area contributed by atoms with Crippen LogP contribution in [-0.4, -0.2) is 21.0 Å². The van der Waals surface area contributed by atoms with E-state index in [0.29, 0.717) is 27.9 Å². The fourth-order valence-electron chi connectivity index (χ4n) is 2.49. The molecule has 2 N–H and O–H groups in total. The summed E-state index contributed by atoms with van der Waals surface area (Å²) in [6, 6.07) is 11.5. The number of benzene rings is 2. The summed E-state index contributed by atoms with van der Waals surface area (Å²) in [5.41, 5.74) is 2.22. The van der Waals surface area contributed by atoms with Gasteiger partial charge in [0, 0.05) is 29.6 Å². The quantitative estimate of drug-likeness (QED) is 0.584. The molecule has 2 aromatic carbocycles. The van der Waals surface area contributed by atoms with E-state index in [1.807, 2.05) is 0 Å². The number of halogens is 1. The fourth-order valence-corrected chi connectivity index (χ4v) is 2.49. The van der Waals surface area contributed by atoms with E-state index in [1.54, 1.807) is 30.6 Å². The molecule has 0 spiro atoms. The van der Waals surface area contributed by atoms with E-state index in [4.69, 9.17) is 4.42 Å². The molecule has 0 unspecified atom stereocenters. The van der Waals surface area contributed by atoms with Gasteiger partial charge in [-0.3, -0.25) is 9.78 Å². The summed E-state index contributed by atoms with van der Waals surface area (Å²) in [4.78, 5) is 20.4. The zero-order valence-electron chi connectivity index (χ0n) is 13.3. The first-order valence-electron chi connectivity index (χ1n) is 7.71. The van der Waals surface area contributed by atoms with Crippen LogP contribution in [0.15, 0.2) is 65.3 Å². The molecule has 0 bridgehead atoms. The van der Waals surface area contributed by atoms with Crippen molar-refractivity contribution in [3.8, 4) is 17.2 Å². The van der Waals surface area contributed by atoms with Crippen molar-refractivity contribution in [1.29, 1.82) is 0 Å². The average Bonchev–Trinajstić information content (AvgIpc) is 3.06. The standard InChI is InChI=1S/C19H12FN3O3/c20-12-3-1-11(2-4-12)18(25)22-13-5-6-14(16(24)9-13)19-23-15-10-21-8-7-17(15)26-19/h1-10,24H,(H,22,25). The Kier molecular flexibility index (Phi) is 3.81. The summed E-state index contributed by atoms with van der Waals surface area (Å²) in [5.74, 6) is -0.675. The van der Waals surface area contributed by atoms with Crippen molar-refractivity contribution in [2.24, 2.45) is 0 Å². The van der Waals surface area contributed by atoms with Gasteiger partial charge in [-0.2, -0.15) is 0 Å². The highest BCUT2D eigenvalue weighted by molar-refractivity contribution is 6.04. The molecule has 6 nitrogen and oxygen atoms in total. The number of nitrogens with one attached hydrogen (secondary N) is 1. The second-order valence-corrected chi connectivity index (χ2v) is 5.56. The van der Waals surface area contributed by atoms with Gasteiger partial charge in [-0.15, -0.1) is 0 Å². The van der Waals surface area contributed by atoms with Crippen molar-refractivity contribution in [2.75, 3.05) is 5.32 Å². The third-order valence-corrected chi connectivity index (χ3v) is 3.78. The Hall–Kier alpha value is -3.74. The van der Waals surface area contributed by atoms with Gasteiger partial charge in [0.2, 0.25) is 5.89 Å². The first-order valence-corrected chi connectivity index (χ1v) is 7.71. The van der Waals surface area contributed by atoms with Crippen LogP contribution in [0, 0.1) is 5.82 Å². The Bertz CT molecular complexity index is 1070. The van der Waals surface area contributed by atoms with Gasteiger partial charge < -0.3 is 14.8 Å². The molecule has 0 aliphatic carbocycles. The molecule has 2 heterocycles. The lowest BCUT2D eigenvalue weighted by atomic mass is 10.1. The molecule has 0 saturated heterocycles. The molecule has 7 heteroatoms. The smallest absolute Gasteiger partial charge is 0.255 e. The second kappa shape index (κ2) is 6.29. The van der Waals surface area contributed by atoms with Gasteiger partial charge in [-0.05, 0) is 36.4 Å². The number of phenolic OH excluding ortho intramolecular Hbond substituents is 1. The Morgan fingerprint density at radius 1 is 1.12 bits per heavy atom. The summed E-state index contributed by atoms with van der Waals surface area (Å²) >= 11 is 0. The molecule has 0 aliphatic rings. The Labute approximate surface area is 146 Å². The number of aromatic nitrogens is 2. The maximum atomic E-state index is 12.9. The molecule has 4 aromatic rings. The molecule has 4 rings (SSSR count). The van der Waals surface area contributed by atoms with Crippen molar-refractivity contribution < 1.29 is 18.7 Å². The average molecular weight is 349 g/mol. The lowest BCUT2D eigenvalue weighted by molar-refractivity contribution is 0.102. The van der Waals surface area contributed by atoms with Crippen LogP contribution in [0.5, 0.6) is 5.75 Å². The fraction of sp³-hybridized carbons (Fsp3) is 0. The van der Waals surface area contributed by atoms with Gasteiger partial charge in [0.25, 0.3) is 5.91 Å². The van der Waals surface area contributed by atoms with Crippen LogP contribution in [-0.2, 0) is 0 Å². The van der Waals surface area contributed by atoms with Gasteiger partial charge in [0.1, 0.15) is 17.1 Å². The molecule has 2 aromatic heterocycles. The van der Waals surface area contributed by atoms with E-state index < -0.39 is 11.7 Å². The summed E-state index contributed by atoms with van der Waals surface area (Å²) < 4.78 is 18.5. The monoisotopic (exact) mass is 349 g/mol. The van der Waals surface area contributed by atoms with E-state index in [9.17, 15) is 14.3 Å². The number of carbonyl (C=O) groups excluding carboxylic acids is 1. The number of anilines is 1. The van der Waals surface area contributed by atoms with Crippen LogP contribution in [0.4, 0.5) is 10.1 Å². The van der Waals surface area contributed by atoms with Crippen LogP contribution in [0.2, 0.25) is 0 Å². The molecule has 0 saturated carbocycles. The Balaban J connectivity index is 1.59. The highest BCUT2D eigenvalue weighted by Crippen LogP contribution is 2.32. The van der Waals surface area contributed by atoms with E-state index in [-0.39, 0.29) is 11.6 Å². The van der Waals surface area contributed by atoms with Crippen LogP contribution in [0.1, 0.15) is 10.4 Å². The third kappa shape index (κ3) is 2.98. The van der Waals surface area contributed by atoms with Crippen LogP contribution >= 0.6 is 0 Å². The molecule has 26 heavy (non-hydrogen) atoms. The zero-order valence-corrected chi connectivity index (χ0v) is 13.3. The van der Waals surface area contributed by atoms with E-state index in [2.05, 4.69) is 15.3 Å². The molecule has 1 amide bonds. The Morgan fingerprint density at radius 3 is 2.65 bits per heavy atom. The molecule has 0 radical (unpaired) electrons. The minimum absolute atomic E-state index is 0.0959. The van der Waals surface area contributed by atoms with E-state index in [1.165, 1.54) is 30.3 Å². The molecular formula is C19H12FN3O3. The van der Waals surface area contributed by atoms with Gasteiger partial charge in [0.15, 0.2) is 5.58 Å². The summed E-state index contributed by atoms with van der Waals surface area (Å²) in [5, 5.41) is 12.9. The van der Waals surface area contributed by atoms with Crippen LogP contribution in [0.25, 0.3) is 22.6 Å². The molecule has 0 atom stereocenters. The highest BCUT2D eigenvalue weighted by atomic mass is 19.1. The van der Waals surface area contributed by atoms with Gasteiger partial charge in [-0.25, -0.2) is 9.37 Å². The number of oxazole rings is 1. The number of fused-ring (bicyclic) bond motifs is 1. The molecular weight excluding hydrogens is 337 g/mol. The topological polar surface area (TPSA) is 88.3 Å². The first-order chi connectivity index (χ1) is 12.6.